The van der Waals surface area contributed by atoms with Crippen molar-refractivity contribution < 1.29 is 23.5 Å². The second-order valence-corrected chi connectivity index (χ2v) is 8.39. The van der Waals surface area contributed by atoms with Crippen LogP contribution in [0.25, 0.3) is 6.08 Å². The number of thioether (sulfide) groups is 1. The van der Waals surface area contributed by atoms with Crippen molar-refractivity contribution in [1.82, 2.24) is 4.90 Å². The van der Waals surface area contributed by atoms with Gasteiger partial charge in [0.25, 0.3) is 11.8 Å². The highest BCUT2D eigenvalue weighted by molar-refractivity contribution is 8.26. The third-order valence-corrected chi connectivity index (χ3v) is 5.87. The smallest absolute Gasteiger partial charge is 0.266 e. The normalized spacial score (nSPS) is 14.8. The Bertz CT molecular complexity index is 1060. The van der Waals surface area contributed by atoms with Crippen LogP contribution in [0.3, 0.4) is 0 Å². The van der Waals surface area contributed by atoms with Crippen molar-refractivity contribution in [2.45, 2.75) is 6.92 Å². The highest BCUT2D eigenvalue weighted by Gasteiger charge is 2.30. The van der Waals surface area contributed by atoms with Crippen LogP contribution >= 0.6 is 35.6 Å². The summed E-state index contributed by atoms with van der Waals surface area (Å²) in [6.45, 7) is 2.02. The van der Waals surface area contributed by atoms with Gasteiger partial charge in [0.15, 0.2) is 18.1 Å². The van der Waals surface area contributed by atoms with Crippen LogP contribution in [0.15, 0.2) is 41.3 Å². The third kappa shape index (κ3) is 5.55. The first-order valence-corrected chi connectivity index (χ1v) is 10.7. The molecule has 1 heterocycles. The standard InChI is InChI=1S/C21H18ClFN2O4S2/c1-3-25-20(27)17(31-21(25)30)10-12-8-15(22)19(16(9-12)28-2)29-11-18(26)24-14-6-4-13(23)5-7-14/h4-10H,3,11H2,1-2H3,(H,24,26). The zero-order chi connectivity index (χ0) is 22.5. The SMILES string of the molecule is CCN1C(=O)C(=Cc2cc(Cl)c(OCC(=O)Nc3ccc(F)cc3)c(OC)c2)SC1=S. The van der Waals surface area contributed by atoms with Crippen molar-refractivity contribution in [3.05, 3.63) is 57.7 Å². The van der Waals surface area contributed by atoms with Gasteiger partial charge >= 0.3 is 0 Å². The van der Waals surface area contributed by atoms with E-state index in [4.69, 9.17) is 33.3 Å². The van der Waals surface area contributed by atoms with Gasteiger partial charge in [-0.3, -0.25) is 14.5 Å². The molecule has 3 rings (SSSR count). The van der Waals surface area contributed by atoms with E-state index in [1.807, 2.05) is 6.92 Å². The van der Waals surface area contributed by atoms with Gasteiger partial charge in [-0.2, -0.15) is 0 Å². The number of likely N-dealkylation sites (N-methyl/N-ethyl adjacent to an activating group) is 1. The quantitative estimate of drug-likeness (QED) is 0.456. The average Bonchev–Trinajstić information content (AvgIpc) is 3.00. The molecule has 0 unspecified atom stereocenters. The Morgan fingerprint density at radius 1 is 1.32 bits per heavy atom. The third-order valence-electron chi connectivity index (χ3n) is 4.21. The van der Waals surface area contributed by atoms with Crippen LogP contribution in [0.2, 0.25) is 5.02 Å². The maximum Gasteiger partial charge on any atom is 0.266 e. The van der Waals surface area contributed by atoms with Crippen molar-refractivity contribution in [3.63, 3.8) is 0 Å². The molecule has 2 amide bonds. The van der Waals surface area contributed by atoms with Crippen molar-refractivity contribution >= 4 is 63.5 Å². The van der Waals surface area contributed by atoms with Gasteiger partial charge in [0.1, 0.15) is 10.1 Å². The lowest BCUT2D eigenvalue weighted by Crippen LogP contribution is -2.27. The zero-order valence-electron chi connectivity index (χ0n) is 16.6. The lowest BCUT2D eigenvalue weighted by molar-refractivity contribution is -0.122. The van der Waals surface area contributed by atoms with Crippen molar-refractivity contribution in [2.24, 2.45) is 0 Å². The zero-order valence-corrected chi connectivity index (χ0v) is 19.0. The summed E-state index contributed by atoms with van der Waals surface area (Å²) in [6, 6.07) is 8.62. The minimum atomic E-state index is -0.447. The number of carbonyl (C=O) groups excluding carboxylic acids is 2. The number of halogens is 2. The molecule has 1 aliphatic rings. The summed E-state index contributed by atoms with van der Waals surface area (Å²) in [5.74, 6) is -0.513. The molecule has 162 valence electrons. The number of carbonyl (C=O) groups is 2. The molecule has 1 saturated heterocycles. The van der Waals surface area contributed by atoms with Gasteiger partial charge in [-0.25, -0.2) is 4.39 Å². The molecule has 0 aliphatic carbocycles. The molecule has 1 fully saturated rings. The van der Waals surface area contributed by atoms with Gasteiger partial charge in [0, 0.05) is 12.2 Å². The molecule has 10 heteroatoms. The van der Waals surface area contributed by atoms with E-state index < -0.39 is 11.7 Å². The first-order chi connectivity index (χ1) is 14.8. The van der Waals surface area contributed by atoms with Gasteiger partial charge in [0.05, 0.1) is 17.0 Å². The summed E-state index contributed by atoms with van der Waals surface area (Å²) >= 11 is 12.8. The number of hydrogen-bond acceptors (Lipinski definition) is 6. The number of amides is 2. The number of anilines is 1. The molecule has 2 aromatic carbocycles. The van der Waals surface area contributed by atoms with E-state index in [9.17, 15) is 14.0 Å². The summed E-state index contributed by atoms with van der Waals surface area (Å²) in [4.78, 5) is 26.5. The average molecular weight is 481 g/mol. The number of hydrogen-bond donors (Lipinski definition) is 1. The molecule has 1 aliphatic heterocycles. The van der Waals surface area contributed by atoms with Crippen LogP contribution in [-0.2, 0) is 9.59 Å². The number of methoxy groups -OCH3 is 1. The van der Waals surface area contributed by atoms with Gasteiger partial charge < -0.3 is 14.8 Å². The molecular formula is C21H18ClFN2O4S2. The van der Waals surface area contributed by atoms with Crippen molar-refractivity contribution in [3.8, 4) is 11.5 Å². The molecule has 2 aromatic rings. The van der Waals surface area contributed by atoms with Crippen molar-refractivity contribution in [1.29, 1.82) is 0 Å². The van der Waals surface area contributed by atoms with Crippen LogP contribution in [0.4, 0.5) is 10.1 Å². The maximum atomic E-state index is 13.0. The van der Waals surface area contributed by atoms with E-state index in [0.29, 0.717) is 32.8 Å². The van der Waals surface area contributed by atoms with E-state index in [-0.39, 0.29) is 23.3 Å². The molecule has 6 nitrogen and oxygen atoms in total. The Morgan fingerprint density at radius 2 is 2.03 bits per heavy atom. The van der Waals surface area contributed by atoms with Gasteiger partial charge in [-0.1, -0.05) is 35.6 Å². The monoisotopic (exact) mass is 480 g/mol. The Hall–Kier alpha value is -2.62. The van der Waals surface area contributed by atoms with E-state index in [1.165, 1.54) is 48.0 Å². The lowest BCUT2D eigenvalue weighted by atomic mass is 10.1. The minimum absolute atomic E-state index is 0.162. The summed E-state index contributed by atoms with van der Waals surface area (Å²) < 4.78 is 24.4. The number of nitrogens with zero attached hydrogens (tertiary/aromatic N) is 1. The first-order valence-electron chi connectivity index (χ1n) is 9.13. The topological polar surface area (TPSA) is 67.9 Å². The van der Waals surface area contributed by atoms with E-state index in [1.54, 1.807) is 18.2 Å². The molecule has 0 atom stereocenters. The first kappa shape index (κ1) is 23.1. The molecule has 0 radical (unpaired) electrons. The molecule has 31 heavy (non-hydrogen) atoms. The fraction of sp³-hybridized carbons (Fsp3) is 0.190. The fourth-order valence-corrected chi connectivity index (χ4v) is 4.41. The highest BCUT2D eigenvalue weighted by atomic mass is 35.5. The largest absolute Gasteiger partial charge is 0.493 e. The molecule has 0 saturated carbocycles. The minimum Gasteiger partial charge on any atom is -0.493 e. The lowest BCUT2D eigenvalue weighted by Gasteiger charge is -2.13. The van der Waals surface area contributed by atoms with Crippen molar-refractivity contribution in [2.75, 3.05) is 25.6 Å². The van der Waals surface area contributed by atoms with Gasteiger partial charge in [0.2, 0.25) is 0 Å². The Labute approximate surface area is 193 Å². The van der Waals surface area contributed by atoms with Crippen LogP contribution in [0.1, 0.15) is 12.5 Å². The summed E-state index contributed by atoms with van der Waals surface area (Å²) in [7, 11) is 1.44. The summed E-state index contributed by atoms with van der Waals surface area (Å²) in [5, 5.41) is 2.81. The highest BCUT2D eigenvalue weighted by Crippen LogP contribution is 2.39. The molecule has 0 bridgehead atoms. The second kappa shape index (κ2) is 10.1. The fourth-order valence-electron chi connectivity index (χ4n) is 2.76. The van der Waals surface area contributed by atoms with Crippen LogP contribution in [-0.4, -0.2) is 41.3 Å². The van der Waals surface area contributed by atoms with E-state index in [0.717, 1.165) is 0 Å². The number of nitrogens with one attached hydrogen (secondary N) is 1. The van der Waals surface area contributed by atoms with Crippen LogP contribution < -0.4 is 14.8 Å². The van der Waals surface area contributed by atoms with E-state index >= 15 is 0 Å². The number of benzene rings is 2. The Kier molecular flexibility index (Phi) is 7.53. The predicted octanol–water partition coefficient (Wildman–Crippen LogP) is 4.73. The van der Waals surface area contributed by atoms with Crippen LogP contribution in [0, 0.1) is 5.82 Å². The molecule has 0 aromatic heterocycles. The van der Waals surface area contributed by atoms with E-state index in [2.05, 4.69) is 5.32 Å². The summed E-state index contributed by atoms with van der Waals surface area (Å²) in [5.41, 5.74) is 1.06. The second-order valence-electron chi connectivity index (χ2n) is 6.30. The van der Waals surface area contributed by atoms with Gasteiger partial charge in [-0.05, 0) is 55.0 Å². The maximum absolute atomic E-state index is 13.0. The molecule has 1 N–H and O–H groups in total. The number of ether oxygens (including phenoxy) is 2. The Balaban J connectivity index is 1.73. The Morgan fingerprint density at radius 3 is 2.65 bits per heavy atom. The molecule has 0 spiro atoms. The number of rotatable bonds is 7. The number of thiocarbonyl (C=S) groups is 1. The van der Waals surface area contributed by atoms with Gasteiger partial charge in [-0.15, -0.1) is 0 Å². The summed E-state index contributed by atoms with van der Waals surface area (Å²) in [6.07, 6.45) is 1.67. The molecular weight excluding hydrogens is 463 g/mol. The van der Waals surface area contributed by atoms with Crippen LogP contribution in [0.5, 0.6) is 11.5 Å². The predicted molar refractivity (Wildman–Crippen MR) is 124 cm³/mol.